The van der Waals surface area contributed by atoms with Gasteiger partial charge in [-0.05, 0) is 37.0 Å². The topological polar surface area (TPSA) is 67.8 Å². The molecule has 1 aromatic carbocycles. The van der Waals surface area contributed by atoms with Crippen LogP contribution in [0.5, 0.6) is 0 Å². The molecule has 0 unspecified atom stereocenters. The maximum Gasteiger partial charge on any atom is 0.222 e. The van der Waals surface area contributed by atoms with Gasteiger partial charge in [-0.15, -0.1) is 0 Å². The smallest absolute Gasteiger partial charge is 0.222 e. The van der Waals surface area contributed by atoms with Crippen LogP contribution in [-0.4, -0.2) is 10.1 Å². The molecule has 2 aromatic heterocycles. The predicted molar refractivity (Wildman–Crippen MR) is 70.2 cm³/mol. The summed E-state index contributed by atoms with van der Waals surface area (Å²) in [4.78, 5) is 3.49. The number of aryl methyl sites for hydroxylation is 2. The lowest BCUT2D eigenvalue weighted by atomic mass is 10.1. The summed E-state index contributed by atoms with van der Waals surface area (Å²) in [5.74, 6) is 0.351. The van der Waals surface area contributed by atoms with E-state index in [4.69, 9.17) is 10.3 Å². The number of anilines is 1. The first-order chi connectivity index (χ1) is 8.81. The Balaban J connectivity index is 1.93. The lowest BCUT2D eigenvalue weighted by Crippen LogP contribution is -1.80. The van der Waals surface area contributed by atoms with Gasteiger partial charge >= 0.3 is 0 Å². The highest BCUT2D eigenvalue weighted by atomic mass is 16.5. The van der Waals surface area contributed by atoms with Gasteiger partial charge < -0.3 is 15.2 Å². The third kappa shape index (κ3) is 1.29. The van der Waals surface area contributed by atoms with Crippen LogP contribution in [-0.2, 0) is 12.8 Å². The van der Waals surface area contributed by atoms with E-state index < -0.39 is 0 Å². The largest absolute Gasteiger partial charge is 0.368 e. The quantitative estimate of drug-likeness (QED) is 0.686. The van der Waals surface area contributed by atoms with Crippen molar-refractivity contribution in [1.29, 1.82) is 0 Å². The van der Waals surface area contributed by atoms with E-state index in [0.717, 1.165) is 17.7 Å². The summed E-state index contributed by atoms with van der Waals surface area (Å²) in [6, 6.07) is 8.08. The summed E-state index contributed by atoms with van der Waals surface area (Å²) in [5.41, 5.74) is 11.5. The third-order valence-electron chi connectivity index (χ3n) is 3.67. The summed E-state index contributed by atoms with van der Waals surface area (Å²) in [6.07, 6.45) is 3.58. The van der Waals surface area contributed by atoms with Crippen LogP contribution >= 0.6 is 0 Å². The molecule has 0 saturated carbocycles. The molecule has 1 aliphatic rings. The van der Waals surface area contributed by atoms with Crippen LogP contribution in [0.4, 0.5) is 5.88 Å². The van der Waals surface area contributed by atoms with E-state index in [0.29, 0.717) is 5.88 Å². The van der Waals surface area contributed by atoms with Gasteiger partial charge in [-0.3, -0.25) is 0 Å². The number of rotatable bonds is 1. The maximum atomic E-state index is 5.56. The number of nitrogens with two attached hydrogens (primary N) is 1. The molecule has 0 atom stereocenters. The van der Waals surface area contributed by atoms with Crippen molar-refractivity contribution in [1.82, 2.24) is 10.1 Å². The van der Waals surface area contributed by atoms with E-state index in [9.17, 15) is 0 Å². The fourth-order valence-corrected chi connectivity index (χ4v) is 2.83. The van der Waals surface area contributed by atoms with E-state index in [1.807, 2.05) is 6.07 Å². The molecule has 0 spiro atoms. The zero-order valence-corrected chi connectivity index (χ0v) is 9.86. The van der Waals surface area contributed by atoms with Gasteiger partial charge in [0.1, 0.15) is 5.69 Å². The van der Waals surface area contributed by atoms with E-state index in [1.54, 1.807) is 6.07 Å². The SMILES string of the molecule is Nc1cc(-c2ccc3[nH]c4c(c3c2)CCC4)no1. The van der Waals surface area contributed by atoms with E-state index in [1.165, 1.54) is 35.0 Å². The highest BCUT2D eigenvalue weighted by Gasteiger charge is 2.17. The van der Waals surface area contributed by atoms with Gasteiger partial charge in [-0.2, -0.15) is 0 Å². The van der Waals surface area contributed by atoms with Crippen molar-refractivity contribution >= 4 is 16.8 Å². The Hall–Kier alpha value is -2.23. The molecule has 2 heterocycles. The van der Waals surface area contributed by atoms with Crippen LogP contribution in [0.1, 0.15) is 17.7 Å². The number of aromatic amines is 1. The van der Waals surface area contributed by atoms with Crippen LogP contribution in [0.25, 0.3) is 22.2 Å². The average Bonchev–Trinajstić information content (AvgIpc) is 3.03. The molecule has 0 bridgehead atoms. The zero-order chi connectivity index (χ0) is 12.1. The Morgan fingerprint density at radius 3 is 3.00 bits per heavy atom. The Morgan fingerprint density at radius 1 is 1.22 bits per heavy atom. The number of nitrogen functional groups attached to an aromatic ring is 1. The van der Waals surface area contributed by atoms with Crippen molar-refractivity contribution in [2.24, 2.45) is 0 Å². The number of hydrogen-bond acceptors (Lipinski definition) is 3. The minimum absolute atomic E-state index is 0.351. The van der Waals surface area contributed by atoms with Crippen LogP contribution in [0, 0.1) is 0 Å². The molecule has 0 saturated heterocycles. The Labute approximate surface area is 104 Å². The second-order valence-electron chi connectivity index (χ2n) is 4.81. The number of nitrogens with zero attached hydrogens (tertiary/aromatic N) is 1. The summed E-state index contributed by atoms with van der Waals surface area (Å²) < 4.78 is 4.93. The van der Waals surface area contributed by atoms with E-state index >= 15 is 0 Å². The molecule has 18 heavy (non-hydrogen) atoms. The summed E-state index contributed by atoms with van der Waals surface area (Å²) in [7, 11) is 0. The lowest BCUT2D eigenvalue weighted by Gasteiger charge is -1.98. The second kappa shape index (κ2) is 3.38. The van der Waals surface area contributed by atoms with Gasteiger partial charge in [0.15, 0.2) is 0 Å². The molecule has 3 N–H and O–H groups in total. The van der Waals surface area contributed by atoms with Gasteiger partial charge in [0.05, 0.1) is 0 Å². The number of fused-ring (bicyclic) bond motifs is 3. The molecular weight excluding hydrogens is 226 g/mol. The van der Waals surface area contributed by atoms with E-state index in [2.05, 4.69) is 22.3 Å². The maximum absolute atomic E-state index is 5.56. The molecule has 0 amide bonds. The van der Waals surface area contributed by atoms with Crippen molar-refractivity contribution in [3.8, 4) is 11.3 Å². The number of nitrogens with one attached hydrogen (secondary N) is 1. The first kappa shape index (κ1) is 9.76. The first-order valence-electron chi connectivity index (χ1n) is 6.17. The Kier molecular flexibility index (Phi) is 1.84. The summed E-state index contributed by atoms with van der Waals surface area (Å²) in [6.45, 7) is 0. The number of H-pyrrole nitrogens is 1. The number of benzene rings is 1. The molecule has 0 fully saturated rings. The molecule has 0 aliphatic heterocycles. The van der Waals surface area contributed by atoms with Crippen molar-refractivity contribution in [2.75, 3.05) is 5.73 Å². The fraction of sp³-hybridized carbons (Fsp3) is 0.214. The third-order valence-corrected chi connectivity index (χ3v) is 3.67. The molecule has 4 heteroatoms. The van der Waals surface area contributed by atoms with Gasteiger partial charge in [0, 0.05) is 28.2 Å². The average molecular weight is 239 g/mol. The van der Waals surface area contributed by atoms with Gasteiger partial charge in [0.2, 0.25) is 5.88 Å². The van der Waals surface area contributed by atoms with E-state index in [-0.39, 0.29) is 0 Å². The highest BCUT2D eigenvalue weighted by molar-refractivity contribution is 5.89. The predicted octanol–water partition coefficient (Wildman–Crippen LogP) is 2.89. The lowest BCUT2D eigenvalue weighted by molar-refractivity contribution is 0.439. The van der Waals surface area contributed by atoms with Crippen molar-refractivity contribution < 1.29 is 4.52 Å². The highest BCUT2D eigenvalue weighted by Crippen LogP contribution is 2.32. The van der Waals surface area contributed by atoms with Gasteiger partial charge in [-0.1, -0.05) is 11.2 Å². The first-order valence-corrected chi connectivity index (χ1v) is 6.17. The van der Waals surface area contributed by atoms with Gasteiger partial charge in [0.25, 0.3) is 0 Å². The fourth-order valence-electron chi connectivity index (χ4n) is 2.83. The van der Waals surface area contributed by atoms with Crippen molar-refractivity contribution in [3.05, 3.63) is 35.5 Å². The number of hydrogen-bond donors (Lipinski definition) is 2. The van der Waals surface area contributed by atoms with Gasteiger partial charge in [-0.25, -0.2) is 0 Å². The summed E-state index contributed by atoms with van der Waals surface area (Å²) in [5, 5.41) is 5.27. The van der Waals surface area contributed by atoms with Crippen LogP contribution in [0.2, 0.25) is 0 Å². The zero-order valence-electron chi connectivity index (χ0n) is 9.86. The van der Waals surface area contributed by atoms with Crippen LogP contribution in [0.15, 0.2) is 28.8 Å². The number of aromatic nitrogens is 2. The molecule has 90 valence electrons. The Bertz CT molecular complexity index is 739. The molecule has 4 rings (SSSR count). The van der Waals surface area contributed by atoms with Crippen LogP contribution in [0.3, 0.4) is 0 Å². The molecule has 3 aromatic rings. The second-order valence-corrected chi connectivity index (χ2v) is 4.81. The molecular formula is C14H13N3O. The normalized spacial score (nSPS) is 14.2. The Morgan fingerprint density at radius 2 is 2.17 bits per heavy atom. The minimum Gasteiger partial charge on any atom is -0.368 e. The standard InChI is InChI=1S/C14H13N3O/c15-14-7-13(17-18-14)8-4-5-12-10(6-8)9-2-1-3-11(9)16-12/h4-7,16H,1-3,15H2. The van der Waals surface area contributed by atoms with Crippen molar-refractivity contribution in [2.45, 2.75) is 19.3 Å². The van der Waals surface area contributed by atoms with Crippen LogP contribution < -0.4 is 5.73 Å². The monoisotopic (exact) mass is 239 g/mol. The molecule has 4 nitrogen and oxygen atoms in total. The van der Waals surface area contributed by atoms with Crippen molar-refractivity contribution in [3.63, 3.8) is 0 Å². The molecule has 1 aliphatic carbocycles. The minimum atomic E-state index is 0.351. The summed E-state index contributed by atoms with van der Waals surface area (Å²) >= 11 is 0. The molecule has 0 radical (unpaired) electrons.